The van der Waals surface area contributed by atoms with Gasteiger partial charge in [-0.3, -0.25) is 14.5 Å². The van der Waals surface area contributed by atoms with Crippen molar-refractivity contribution in [1.29, 1.82) is 0 Å². The Bertz CT molecular complexity index is 257. The monoisotopic (exact) mass is 217 g/mol. The van der Waals surface area contributed by atoms with Crippen LogP contribution >= 0.6 is 11.6 Å². The van der Waals surface area contributed by atoms with E-state index in [9.17, 15) is 9.59 Å². The fraction of sp³-hybridized carbons (Fsp3) is 0.800. The van der Waals surface area contributed by atoms with Gasteiger partial charge in [0.25, 0.3) is 0 Å². The van der Waals surface area contributed by atoms with Crippen LogP contribution in [0.15, 0.2) is 0 Å². The van der Waals surface area contributed by atoms with Crippen LogP contribution in [-0.2, 0) is 9.59 Å². The van der Waals surface area contributed by atoms with Crippen LogP contribution in [0, 0.1) is 5.41 Å². The summed E-state index contributed by atoms with van der Waals surface area (Å²) < 4.78 is 0. The minimum absolute atomic E-state index is 0.132. The summed E-state index contributed by atoms with van der Waals surface area (Å²) in [5.41, 5.74) is -0.510. The molecule has 0 radical (unpaired) electrons. The van der Waals surface area contributed by atoms with Crippen molar-refractivity contribution in [3.05, 3.63) is 0 Å². The fourth-order valence-corrected chi connectivity index (χ4v) is 1.71. The van der Waals surface area contributed by atoms with Gasteiger partial charge < -0.3 is 0 Å². The summed E-state index contributed by atoms with van der Waals surface area (Å²) in [4.78, 5) is 24.7. The number of amides is 2. The SMILES string of the molecule is CC(C)(C)C(=O)N1CCCC(Cl)C1=O. The number of hydrogen-bond acceptors (Lipinski definition) is 2. The molecule has 0 aromatic carbocycles. The van der Waals surface area contributed by atoms with Crippen molar-refractivity contribution >= 4 is 23.4 Å². The molecule has 1 aliphatic rings. The predicted molar refractivity (Wildman–Crippen MR) is 55.1 cm³/mol. The molecule has 1 fully saturated rings. The van der Waals surface area contributed by atoms with Crippen molar-refractivity contribution in [3.8, 4) is 0 Å². The van der Waals surface area contributed by atoms with E-state index in [0.717, 1.165) is 6.42 Å². The highest BCUT2D eigenvalue weighted by Crippen LogP contribution is 2.23. The van der Waals surface area contributed by atoms with Gasteiger partial charge in [0, 0.05) is 12.0 Å². The zero-order chi connectivity index (χ0) is 10.9. The van der Waals surface area contributed by atoms with Crippen molar-refractivity contribution in [1.82, 2.24) is 4.90 Å². The molecule has 1 rings (SSSR count). The Balaban J connectivity index is 2.77. The molecule has 0 spiro atoms. The van der Waals surface area contributed by atoms with E-state index in [1.54, 1.807) is 20.8 Å². The molecule has 80 valence electrons. The number of carbonyl (C=O) groups excluding carboxylic acids is 2. The number of rotatable bonds is 0. The highest BCUT2D eigenvalue weighted by Gasteiger charge is 2.36. The predicted octanol–water partition coefficient (Wildman–Crippen LogP) is 1.79. The molecule has 0 N–H and O–H groups in total. The van der Waals surface area contributed by atoms with Crippen LogP contribution in [0.3, 0.4) is 0 Å². The van der Waals surface area contributed by atoms with Crippen LogP contribution in [-0.4, -0.2) is 28.6 Å². The number of imide groups is 1. The third-order valence-electron chi connectivity index (χ3n) is 2.26. The third-order valence-corrected chi connectivity index (χ3v) is 2.66. The largest absolute Gasteiger partial charge is 0.281 e. The van der Waals surface area contributed by atoms with Crippen LogP contribution < -0.4 is 0 Å². The lowest BCUT2D eigenvalue weighted by Crippen LogP contribution is -2.49. The second-order valence-corrected chi connectivity index (χ2v) is 5.18. The number of halogens is 1. The van der Waals surface area contributed by atoms with Gasteiger partial charge in [-0.05, 0) is 12.8 Å². The Hall–Kier alpha value is -0.570. The van der Waals surface area contributed by atoms with E-state index in [0.29, 0.717) is 13.0 Å². The maximum absolute atomic E-state index is 11.8. The Kier molecular flexibility index (Phi) is 3.20. The molecule has 0 aliphatic carbocycles. The second kappa shape index (κ2) is 3.89. The fourth-order valence-electron chi connectivity index (χ4n) is 1.44. The average Bonchev–Trinajstić information content (AvgIpc) is 2.07. The number of piperidine rings is 1. The molecule has 3 nitrogen and oxygen atoms in total. The van der Waals surface area contributed by atoms with E-state index < -0.39 is 10.8 Å². The summed E-state index contributed by atoms with van der Waals surface area (Å²) in [6.07, 6.45) is 1.48. The lowest BCUT2D eigenvalue weighted by molar-refractivity contribution is -0.151. The molecule has 1 atom stereocenters. The Morgan fingerprint density at radius 2 is 2.07 bits per heavy atom. The lowest BCUT2D eigenvalue weighted by Gasteiger charge is -2.32. The van der Waals surface area contributed by atoms with Crippen LogP contribution in [0.1, 0.15) is 33.6 Å². The van der Waals surface area contributed by atoms with Gasteiger partial charge >= 0.3 is 0 Å². The van der Waals surface area contributed by atoms with Crippen molar-refractivity contribution in [2.45, 2.75) is 39.0 Å². The van der Waals surface area contributed by atoms with Crippen LogP contribution in [0.4, 0.5) is 0 Å². The molecule has 4 heteroatoms. The summed E-state index contributed by atoms with van der Waals surface area (Å²) >= 11 is 5.81. The molecular formula is C10H16ClNO2. The van der Waals surface area contributed by atoms with Gasteiger partial charge in [0.15, 0.2) is 0 Å². The molecule has 1 aliphatic heterocycles. The maximum atomic E-state index is 11.8. The molecular weight excluding hydrogens is 202 g/mol. The molecule has 2 amide bonds. The van der Waals surface area contributed by atoms with E-state index in [2.05, 4.69) is 0 Å². The first-order valence-electron chi connectivity index (χ1n) is 4.84. The molecule has 0 aromatic heterocycles. The Morgan fingerprint density at radius 1 is 1.50 bits per heavy atom. The topological polar surface area (TPSA) is 37.4 Å². The number of likely N-dealkylation sites (tertiary alicyclic amines) is 1. The first-order valence-corrected chi connectivity index (χ1v) is 5.27. The number of carbonyl (C=O) groups is 2. The minimum Gasteiger partial charge on any atom is -0.281 e. The van der Waals surface area contributed by atoms with Crippen LogP contribution in [0.5, 0.6) is 0 Å². The standard InChI is InChI=1S/C10H16ClNO2/c1-10(2,3)9(14)12-6-4-5-7(11)8(12)13/h7H,4-6H2,1-3H3. The van der Waals surface area contributed by atoms with Crippen LogP contribution in [0.2, 0.25) is 0 Å². The first-order chi connectivity index (χ1) is 6.34. The van der Waals surface area contributed by atoms with Crippen LogP contribution in [0.25, 0.3) is 0 Å². The van der Waals surface area contributed by atoms with E-state index in [4.69, 9.17) is 11.6 Å². The minimum atomic E-state index is -0.518. The van der Waals surface area contributed by atoms with Gasteiger partial charge in [0.2, 0.25) is 11.8 Å². The average molecular weight is 218 g/mol. The smallest absolute Gasteiger partial charge is 0.247 e. The maximum Gasteiger partial charge on any atom is 0.247 e. The zero-order valence-corrected chi connectivity index (χ0v) is 9.60. The van der Waals surface area contributed by atoms with Crippen molar-refractivity contribution in [2.75, 3.05) is 6.54 Å². The zero-order valence-electron chi connectivity index (χ0n) is 8.84. The Labute approximate surface area is 89.4 Å². The van der Waals surface area contributed by atoms with E-state index in [-0.39, 0.29) is 11.8 Å². The van der Waals surface area contributed by atoms with E-state index in [1.807, 2.05) is 0 Å². The normalized spacial score (nSPS) is 23.9. The summed E-state index contributed by atoms with van der Waals surface area (Å²) in [5, 5.41) is -0.518. The molecule has 14 heavy (non-hydrogen) atoms. The third kappa shape index (κ3) is 2.27. The van der Waals surface area contributed by atoms with Gasteiger partial charge in [-0.15, -0.1) is 11.6 Å². The van der Waals surface area contributed by atoms with Crippen molar-refractivity contribution in [2.24, 2.45) is 5.41 Å². The van der Waals surface area contributed by atoms with E-state index in [1.165, 1.54) is 4.90 Å². The molecule has 0 bridgehead atoms. The molecule has 0 aromatic rings. The summed E-state index contributed by atoms with van der Waals surface area (Å²) in [6.45, 7) is 5.93. The highest BCUT2D eigenvalue weighted by atomic mass is 35.5. The van der Waals surface area contributed by atoms with Crippen molar-refractivity contribution < 1.29 is 9.59 Å². The molecule has 1 saturated heterocycles. The summed E-state index contributed by atoms with van der Waals surface area (Å²) in [6, 6.07) is 0. The molecule has 0 saturated carbocycles. The van der Waals surface area contributed by atoms with Gasteiger partial charge in [0.1, 0.15) is 5.38 Å². The number of nitrogens with zero attached hydrogens (tertiary/aromatic N) is 1. The second-order valence-electron chi connectivity index (χ2n) is 4.65. The number of hydrogen-bond donors (Lipinski definition) is 0. The summed E-state index contributed by atoms with van der Waals surface area (Å²) in [5.74, 6) is -0.370. The van der Waals surface area contributed by atoms with Gasteiger partial charge in [-0.25, -0.2) is 0 Å². The Morgan fingerprint density at radius 3 is 2.57 bits per heavy atom. The lowest BCUT2D eigenvalue weighted by atomic mass is 9.93. The van der Waals surface area contributed by atoms with E-state index >= 15 is 0 Å². The first kappa shape index (κ1) is 11.5. The van der Waals surface area contributed by atoms with Gasteiger partial charge in [0.05, 0.1) is 0 Å². The number of alkyl halides is 1. The molecule has 1 unspecified atom stereocenters. The summed E-state index contributed by atoms with van der Waals surface area (Å²) in [7, 11) is 0. The van der Waals surface area contributed by atoms with Crippen molar-refractivity contribution in [3.63, 3.8) is 0 Å². The highest BCUT2D eigenvalue weighted by molar-refractivity contribution is 6.32. The van der Waals surface area contributed by atoms with Gasteiger partial charge in [-0.1, -0.05) is 20.8 Å². The molecule has 1 heterocycles. The van der Waals surface area contributed by atoms with Gasteiger partial charge in [-0.2, -0.15) is 0 Å². The quantitative estimate of drug-likeness (QED) is 0.581.